The van der Waals surface area contributed by atoms with Crippen LogP contribution in [0, 0.1) is 0 Å². The second-order valence-electron chi connectivity index (χ2n) is 4.95. The maximum Gasteiger partial charge on any atom is 0.350 e. The zero-order chi connectivity index (χ0) is 15.0. The first kappa shape index (κ1) is 14.3. The Morgan fingerprint density at radius 2 is 2.38 bits per heavy atom. The molecule has 3 heterocycles. The predicted octanol–water partition coefficient (Wildman–Crippen LogP) is 0.472. The molecule has 1 aromatic rings. The van der Waals surface area contributed by atoms with E-state index in [0.29, 0.717) is 6.54 Å². The van der Waals surface area contributed by atoms with E-state index in [1.165, 1.54) is 0 Å². The molecule has 21 heavy (non-hydrogen) atoms. The molecule has 2 unspecified atom stereocenters. The van der Waals surface area contributed by atoms with Crippen molar-refractivity contribution in [1.29, 1.82) is 0 Å². The molecule has 0 radical (unpaired) electrons. The van der Waals surface area contributed by atoms with Crippen LogP contribution in [0.25, 0.3) is 0 Å². The van der Waals surface area contributed by atoms with Crippen LogP contribution in [0.2, 0.25) is 0 Å². The number of nitrogens with one attached hydrogen (secondary N) is 1. The molecule has 0 bridgehead atoms. The van der Waals surface area contributed by atoms with E-state index in [1.807, 2.05) is 21.9 Å². The lowest BCUT2D eigenvalue weighted by Crippen LogP contribution is -2.28. The van der Waals surface area contributed by atoms with Crippen molar-refractivity contribution in [3.05, 3.63) is 24.4 Å². The van der Waals surface area contributed by atoms with Gasteiger partial charge in [0.1, 0.15) is 12.0 Å². The van der Waals surface area contributed by atoms with Crippen molar-refractivity contribution < 1.29 is 19.1 Å². The summed E-state index contributed by atoms with van der Waals surface area (Å²) in [6.45, 7) is 2.16. The van der Waals surface area contributed by atoms with Crippen LogP contribution in [0.3, 0.4) is 0 Å². The first-order valence-electron chi connectivity index (χ1n) is 6.39. The Hall–Kier alpha value is -1.67. The summed E-state index contributed by atoms with van der Waals surface area (Å²) in [6.07, 6.45) is 6.07. The molecule has 2 aliphatic heterocycles. The maximum absolute atomic E-state index is 10.8. The van der Waals surface area contributed by atoms with Gasteiger partial charge in [0.05, 0.1) is 25.3 Å². The van der Waals surface area contributed by atoms with Gasteiger partial charge < -0.3 is 29.3 Å². The third kappa shape index (κ3) is 3.01. The molecule has 3 rings (SSSR count). The Labute approximate surface area is 121 Å². The fraction of sp³-hybridized carbons (Fsp3) is 0.455. The summed E-state index contributed by atoms with van der Waals surface area (Å²) < 4.78 is 17.8. The summed E-state index contributed by atoms with van der Waals surface area (Å²) in [5.41, 5.74) is 0.810. The Morgan fingerprint density at radius 3 is 3.14 bits per heavy atom. The molecule has 114 valence electrons. The lowest BCUT2D eigenvalue weighted by Gasteiger charge is -2.24. The third-order valence-corrected chi connectivity index (χ3v) is 3.68. The number of ether oxygens (including phenoxy) is 1. The molecule has 0 saturated carbocycles. The van der Waals surface area contributed by atoms with Gasteiger partial charge in [0.2, 0.25) is 0 Å². The zero-order valence-corrected chi connectivity index (χ0v) is 12.2. The molecular formula is C11H16N5O4P. The predicted molar refractivity (Wildman–Crippen MR) is 74.7 cm³/mol. The number of aliphatic imine (C=N–C) groups is 1. The third-order valence-electron chi connectivity index (χ3n) is 3.19. The van der Waals surface area contributed by atoms with Crippen LogP contribution in [-0.4, -0.2) is 43.0 Å². The van der Waals surface area contributed by atoms with Gasteiger partial charge in [0, 0.05) is 12.4 Å². The lowest BCUT2D eigenvalue weighted by molar-refractivity contribution is 0.0760. The highest BCUT2D eigenvalue weighted by Gasteiger charge is 2.29. The van der Waals surface area contributed by atoms with E-state index in [0.717, 1.165) is 11.5 Å². The van der Waals surface area contributed by atoms with E-state index in [4.69, 9.17) is 14.5 Å². The molecule has 3 N–H and O–H groups in total. The van der Waals surface area contributed by atoms with Gasteiger partial charge in [-0.25, -0.2) is 9.98 Å². The van der Waals surface area contributed by atoms with Crippen molar-refractivity contribution in [3.63, 3.8) is 0 Å². The maximum atomic E-state index is 10.8. The van der Waals surface area contributed by atoms with Gasteiger partial charge in [-0.1, -0.05) is 0 Å². The average Bonchev–Trinajstić information content (AvgIpc) is 3.01. The molecule has 0 aliphatic carbocycles. The van der Waals surface area contributed by atoms with Crippen LogP contribution in [0.15, 0.2) is 23.7 Å². The minimum absolute atomic E-state index is 0.0509. The van der Waals surface area contributed by atoms with Gasteiger partial charge in [-0.3, -0.25) is 4.57 Å². The minimum Gasteiger partial charge on any atom is -0.365 e. The average molecular weight is 313 g/mol. The molecule has 0 saturated heterocycles. The molecule has 0 aromatic carbocycles. The lowest BCUT2D eigenvalue weighted by atomic mass is 10.3. The highest BCUT2D eigenvalue weighted by Crippen LogP contribution is 2.35. The number of hydrogen-bond donors (Lipinski definition) is 3. The number of fused-ring (bicyclic) bond motifs is 3. The van der Waals surface area contributed by atoms with E-state index in [1.54, 1.807) is 19.6 Å². The molecule has 1 aromatic heterocycles. The standard InChI is InChI=1S/C11H16N5O4P/c1-8(20-7-21(17,18)19)4-16-5-13-9-10-12-2-3-15(10)6-14-11(9)16/h2-3,5-6,8,10,12H,4,7H2,1H3,(H2,17,18,19). The molecule has 0 fully saturated rings. The SMILES string of the molecule is CC(Cn1cnc2c1N=CN1C=CNC21)OCP(=O)(O)O. The molecule has 0 amide bonds. The van der Waals surface area contributed by atoms with E-state index in [9.17, 15) is 4.57 Å². The van der Waals surface area contributed by atoms with Gasteiger partial charge in [-0.05, 0) is 6.92 Å². The first-order valence-corrected chi connectivity index (χ1v) is 8.19. The Balaban J connectivity index is 1.69. The summed E-state index contributed by atoms with van der Waals surface area (Å²) in [4.78, 5) is 28.2. The van der Waals surface area contributed by atoms with Crippen molar-refractivity contribution in [3.8, 4) is 0 Å². The smallest absolute Gasteiger partial charge is 0.350 e. The fourth-order valence-electron chi connectivity index (χ4n) is 2.25. The minimum atomic E-state index is -4.15. The van der Waals surface area contributed by atoms with Crippen molar-refractivity contribution >= 4 is 19.8 Å². The van der Waals surface area contributed by atoms with Gasteiger partial charge in [-0.2, -0.15) is 0 Å². The monoisotopic (exact) mass is 313 g/mol. The summed E-state index contributed by atoms with van der Waals surface area (Å²) in [6, 6.07) is 0. The van der Waals surface area contributed by atoms with Crippen molar-refractivity contribution in [2.75, 3.05) is 6.35 Å². The second kappa shape index (κ2) is 5.27. The Morgan fingerprint density at radius 1 is 1.57 bits per heavy atom. The number of imidazole rings is 1. The largest absolute Gasteiger partial charge is 0.365 e. The van der Waals surface area contributed by atoms with E-state index >= 15 is 0 Å². The highest BCUT2D eigenvalue weighted by molar-refractivity contribution is 7.51. The molecule has 9 nitrogen and oxygen atoms in total. The first-order chi connectivity index (χ1) is 9.94. The van der Waals surface area contributed by atoms with Crippen molar-refractivity contribution in [2.24, 2.45) is 4.99 Å². The normalized spacial score (nSPS) is 21.1. The Kier molecular flexibility index (Phi) is 3.58. The quantitative estimate of drug-likeness (QED) is 0.677. The molecular weight excluding hydrogens is 297 g/mol. The van der Waals surface area contributed by atoms with Crippen LogP contribution < -0.4 is 5.32 Å². The number of aromatic nitrogens is 2. The van der Waals surface area contributed by atoms with E-state index in [-0.39, 0.29) is 12.3 Å². The molecule has 2 atom stereocenters. The summed E-state index contributed by atoms with van der Waals surface area (Å²) >= 11 is 0. The zero-order valence-electron chi connectivity index (χ0n) is 11.3. The van der Waals surface area contributed by atoms with Gasteiger partial charge in [0.25, 0.3) is 0 Å². The second-order valence-corrected chi connectivity index (χ2v) is 6.54. The van der Waals surface area contributed by atoms with Crippen LogP contribution >= 0.6 is 7.60 Å². The number of nitrogens with zero attached hydrogens (tertiary/aromatic N) is 4. The number of rotatable bonds is 5. The van der Waals surface area contributed by atoms with E-state index in [2.05, 4.69) is 15.3 Å². The molecule has 10 heteroatoms. The van der Waals surface area contributed by atoms with Crippen LogP contribution in [0.5, 0.6) is 0 Å². The van der Waals surface area contributed by atoms with E-state index < -0.39 is 13.9 Å². The molecule has 0 spiro atoms. The summed E-state index contributed by atoms with van der Waals surface area (Å²) in [5.74, 6) is 0.721. The summed E-state index contributed by atoms with van der Waals surface area (Å²) in [7, 11) is -4.15. The summed E-state index contributed by atoms with van der Waals surface area (Å²) in [5, 5.41) is 3.17. The molecule has 2 aliphatic rings. The van der Waals surface area contributed by atoms with Crippen LogP contribution in [-0.2, 0) is 15.8 Å². The van der Waals surface area contributed by atoms with Crippen molar-refractivity contribution in [2.45, 2.75) is 25.7 Å². The van der Waals surface area contributed by atoms with Crippen molar-refractivity contribution in [1.82, 2.24) is 19.8 Å². The van der Waals surface area contributed by atoms with Crippen LogP contribution in [0.1, 0.15) is 18.8 Å². The highest BCUT2D eigenvalue weighted by atomic mass is 31.2. The van der Waals surface area contributed by atoms with Gasteiger partial charge in [0.15, 0.2) is 12.0 Å². The van der Waals surface area contributed by atoms with Crippen LogP contribution in [0.4, 0.5) is 5.82 Å². The Bertz CT molecular complexity index is 637. The van der Waals surface area contributed by atoms with Gasteiger partial charge >= 0.3 is 7.60 Å². The fourth-order valence-corrected chi connectivity index (χ4v) is 2.70. The van der Waals surface area contributed by atoms with Gasteiger partial charge in [-0.15, -0.1) is 0 Å². The topological polar surface area (TPSA) is 112 Å². The number of hydrogen-bond acceptors (Lipinski definition) is 6.